The number of carbonyl (C=O) groups is 2. The van der Waals surface area contributed by atoms with Crippen molar-refractivity contribution in [3.63, 3.8) is 0 Å². The predicted octanol–water partition coefficient (Wildman–Crippen LogP) is 1.82. The predicted molar refractivity (Wildman–Crippen MR) is 54.6 cm³/mol. The quantitative estimate of drug-likeness (QED) is 0.645. The van der Waals surface area contributed by atoms with Crippen LogP contribution in [0.1, 0.15) is 40.0 Å². The van der Waals surface area contributed by atoms with Crippen LogP contribution in [0.25, 0.3) is 0 Å². The minimum absolute atomic E-state index is 0.00579. The summed E-state index contributed by atoms with van der Waals surface area (Å²) in [4.78, 5) is 24.3. The fourth-order valence-corrected chi connectivity index (χ4v) is 1.74. The van der Waals surface area contributed by atoms with Crippen LogP contribution in [0, 0.1) is 11.8 Å². The van der Waals surface area contributed by atoms with Gasteiger partial charge in [0.25, 0.3) is 0 Å². The van der Waals surface area contributed by atoms with E-state index in [2.05, 4.69) is 13.8 Å². The topological polar surface area (TPSA) is 37.4 Å². The monoisotopic (exact) mass is 197 g/mol. The molecule has 0 radical (unpaired) electrons. The summed E-state index contributed by atoms with van der Waals surface area (Å²) < 4.78 is 0. The fraction of sp³-hybridized carbons (Fsp3) is 0.818. The van der Waals surface area contributed by atoms with Gasteiger partial charge in [-0.2, -0.15) is 0 Å². The molecular weight excluding hydrogens is 178 g/mol. The summed E-state index contributed by atoms with van der Waals surface area (Å²) in [5.41, 5.74) is 0. The van der Waals surface area contributed by atoms with E-state index in [4.69, 9.17) is 0 Å². The van der Waals surface area contributed by atoms with Gasteiger partial charge in [-0.25, -0.2) is 0 Å². The number of amides is 2. The maximum Gasteiger partial charge on any atom is 0.232 e. The van der Waals surface area contributed by atoms with Gasteiger partial charge in [-0.15, -0.1) is 0 Å². The largest absolute Gasteiger partial charge is 0.282 e. The maximum atomic E-state index is 11.5. The molecule has 1 heterocycles. The van der Waals surface area contributed by atoms with Crippen molar-refractivity contribution >= 4 is 11.8 Å². The first-order chi connectivity index (χ1) is 6.52. The van der Waals surface area contributed by atoms with E-state index in [0.29, 0.717) is 18.9 Å². The number of imide groups is 1. The highest BCUT2D eigenvalue weighted by atomic mass is 16.2. The number of hydrogen-bond acceptors (Lipinski definition) is 2. The Morgan fingerprint density at radius 2 is 2.07 bits per heavy atom. The van der Waals surface area contributed by atoms with Crippen LogP contribution < -0.4 is 0 Å². The van der Waals surface area contributed by atoms with Crippen molar-refractivity contribution in [3.8, 4) is 0 Å². The Morgan fingerprint density at radius 3 is 2.50 bits per heavy atom. The highest BCUT2D eigenvalue weighted by Gasteiger charge is 2.34. The first-order valence-corrected chi connectivity index (χ1v) is 5.36. The average molecular weight is 197 g/mol. The van der Waals surface area contributed by atoms with Crippen LogP contribution in [-0.4, -0.2) is 23.3 Å². The van der Waals surface area contributed by atoms with Crippen LogP contribution in [0.3, 0.4) is 0 Å². The molecule has 0 saturated carbocycles. The second-order valence-electron chi connectivity index (χ2n) is 4.52. The Morgan fingerprint density at radius 1 is 1.43 bits per heavy atom. The van der Waals surface area contributed by atoms with Gasteiger partial charge in [0, 0.05) is 18.9 Å². The van der Waals surface area contributed by atoms with Crippen molar-refractivity contribution < 1.29 is 9.59 Å². The molecular formula is C11H19NO2. The molecule has 1 rings (SSSR count). The third-order valence-corrected chi connectivity index (χ3v) is 2.63. The van der Waals surface area contributed by atoms with Crippen molar-refractivity contribution in [2.45, 2.75) is 40.0 Å². The lowest BCUT2D eigenvalue weighted by Gasteiger charge is -2.14. The third kappa shape index (κ3) is 2.56. The Hall–Kier alpha value is -0.860. The molecule has 0 aromatic heterocycles. The van der Waals surface area contributed by atoms with Crippen LogP contribution >= 0.6 is 0 Å². The molecule has 0 aromatic rings. The van der Waals surface area contributed by atoms with Gasteiger partial charge in [-0.1, -0.05) is 20.8 Å². The van der Waals surface area contributed by atoms with Crippen LogP contribution in [0.5, 0.6) is 0 Å². The summed E-state index contributed by atoms with van der Waals surface area (Å²) in [6.07, 6.45) is 2.41. The van der Waals surface area contributed by atoms with Crippen molar-refractivity contribution in [3.05, 3.63) is 0 Å². The number of rotatable bonds is 4. The van der Waals surface area contributed by atoms with Crippen molar-refractivity contribution in [1.29, 1.82) is 0 Å². The summed E-state index contributed by atoms with van der Waals surface area (Å²) in [7, 11) is 0. The average Bonchev–Trinajstić information content (AvgIpc) is 2.31. The molecule has 1 fully saturated rings. The van der Waals surface area contributed by atoms with Crippen LogP contribution in [0.2, 0.25) is 0 Å². The second-order valence-corrected chi connectivity index (χ2v) is 4.52. The molecule has 1 saturated heterocycles. The van der Waals surface area contributed by atoms with E-state index < -0.39 is 0 Å². The molecule has 80 valence electrons. The Bertz CT molecular complexity index is 235. The molecule has 0 aliphatic carbocycles. The van der Waals surface area contributed by atoms with Gasteiger partial charge < -0.3 is 0 Å². The zero-order chi connectivity index (χ0) is 10.7. The molecule has 1 aliphatic rings. The van der Waals surface area contributed by atoms with Crippen LogP contribution in [-0.2, 0) is 9.59 Å². The Labute approximate surface area is 85.5 Å². The van der Waals surface area contributed by atoms with Gasteiger partial charge in [-0.05, 0) is 18.8 Å². The summed E-state index contributed by atoms with van der Waals surface area (Å²) >= 11 is 0. The molecule has 1 aliphatic heterocycles. The van der Waals surface area contributed by atoms with E-state index in [1.54, 1.807) is 0 Å². The zero-order valence-electron chi connectivity index (χ0n) is 9.25. The summed E-state index contributed by atoms with van der Waals surface area (Å²) in [6, 6.07) is 0. The van der Waals surface area contributed by atoms with Crippen LogP contribution in [0.15, 0.2) is 0 Å². The second kappa shape index (κ2) is 4.58. The van der Waals surface area contributed by atoms with E-state index in [0.717, 1.165) is 12.8 Å². The molecule has 0 spiro atoms. The molecule has 0 bridgehead atoms. The Kier molecular flexibility index (Phi) is 3.67. The van der Waals surface area contributed by atoms with E-state index in [-0.39, 0.29) is 17.7 Å². The number of nitrogens with zero attached hydrogens (tertiary/aromatic N) is 1. The van der Waals surface area contributed by atoms with Gasteiger partial charge in [-0.3, -0.25) is 14.5 Å². The molecule has 3 nitrogen and oxygen atoms in total. The van der Waals surface area contributed by atoms with Crippen molar-refractivity contribution in [2.75, 3.05) is 6.54 Å². The Balaban J connectivity index is 2.37. The lowest BCUT2D eigenvalue weighted by Crippen LogP contribution is -2.31. The highest BCUT2D eigenvalue weighted by molar-refractivity contribution is 6.03. The normalized spacial score (nSPS) is 22.6. The van der Waals surface area contributed by atoms with E-state index in [1.807, 2.05) is 6.92 Å². The molecule has 0 N–H and O–H groups in total. The molecule has 0 aromatic carbocycles. The lowest BCUT2D eigenvalue weighted by molar-refractivity contribution is -0.139. The first kappa shape index (κ1) is 11.2. The SMILES string of the molecule is CC(C)CCCN1C(=O)CC(C)C1=O. The van der Waals surface area contributed by atoms with Gasteiger partial charge in [0.05, 0.1) is 0 Å². The number of hydrogen-bond donors (Lipinski definition) is 0. The molecule has 3 heteroatoms. The summed E-state index contributed by atoms with van der Waals surface area (Å²) in [5, 5.41) is 0. The van der Waals surface area contributed by atoms with Gasteiger partial charge in [0.2, 0.25) is 11.8 Å². The van der Waals surface area contributed by atoms with Crippen molar-refractivity contribution in [1.82, 2.24) is 4.90 Å². The third-order valence-electron chi connectivity index (χ3n) is 2.63. The van der Waals surface area contributed by atoms with Gasteiger partial charge >= 0.3 is 0 Å². The maximum absolute atomic E-state index is 11.5. The van der Waals surface area contributed by atoms with Crippen LogP contribution in [0.4, 0.5) is 0 Å². The summed E-state index contributed by atoms with van der Waals surface area (Å²) in [5.74, 6) is 0.562. The molecule has 1 atom stereocenters. The summed E-state index contributed by atoms with van der Waals surface area (Å²) in [6.45, 7) is 6.73. The van der Waals surface area contributed by atoms with Gasteiger partial charge in [0.15, 0.2) is 0 Å². The van der Waals surface area contributed by atoms with Gasteiger partial charge in [0.1, 0.15) is 0 Å². The van der Waals surface area contributed by atoms with E-state index in [1.165, 1.54) is 4.90 Å². The standard InChI is InChI=1S/C11H19NO2/c1-8(2)5-4-6-12-10(13)7-9(3)11(12)14/h8-9H,4-7H2,1-3H3. The minimum Gasteiger partial charge on any atom is -0.282 e. The highest BCUT2D eigenvalue weighted by Crippen LogP contribution is 2.19. The zero-order valence-corrected chi connectivity index (χ0v) is 9.25. The first-order valence-electron chi connectivity index (χ1n) is 5.36. The number of likely N-dealkylation sites (tertiary alicyclic amines) is 1. The van der Waals surface area contributed by atoms with E-state index in [9.17, 15) is 9.59 Å². The minimum atomic E-state index is -0.0958. The smallest absolute Gasteiger partial charge is 0.232 e. The van der Waals surface area contributed by atoms with E-state index >= 15 is 0 Å². The molecule has 2 amide bonds. The molecule has 14 heavy (non-hydrogen) atoms. The molecule has 1 unspecified atom stereocenters. The number of carbonyl (C=O) groups excluding carboxylic acids is 2. The van der Waals surface area contributed by atoms with Crippen molar-refractivity contribution in [2.24, 2.45) is 11.8 Å². The lowest BCUT2D eigenvalue weighted by atomic mass is 10.1. The fourth-order valence-electron chi connectivity index (χ4n) is 1.74.